The monoisotopic (exact) mass is 351 g/mol. The van der Waals surface area contributed by atoms with Crippen LogP contribution < -0.4 is 0 Å². The minimum Gasteiger partial charge on any atom is -0.675 e. The molecule has 0 amide bonds. The van der Waals surface area contributed by atoms with Gasteiger partial charge >= 0.3 is 21.1 Å². The summed E-state index contributed by atoms with van der Waals surface area (Å²) in [4.78, 5) is 10.6. The van der Waals surface area contributed by atoms with Gasteiger partial charge in [-0.05, 0) is 5.54 Å². The summed E-state index contributed by atoms with van der Waals surface area (Å²) in [6.45, 7) is 0. The van der Waals surface area contributed by atoms with Crippen molar-refractivity contribution in [3.8, 4) is 0 Å². The van der Waals surface area contributed by atoms with E-state index in [1.807, 2.05) is 0 Å². The molecule has 0 aromatic heterocycles. The Hall–Kier alpha value is 0.0783. The maximum atomic E-state index is 10.6. The fraction of sp³-hybridized carbons (Fsp3) is 0.857. The van der Waals surface area contributed by atoms with Gasteiger partial charge in [-0.2, -0.15) is 0 Å². The number of rotatable bonds is 1. The second-order valence-electron chi connectivity index (χ2n) is 3.07. The Morgan fingerprint density at radius 2 is 2.08 bits per heavy atom. The predicted molar refractivity (Wildman–Crippen MR) is 41.3 cm³/mol. The van der Waals surface area contributed by atoms with Crippen molar-refractivity contribution < 1.29 is 31.0 Å². The van der Waals surface area contributed by atoms with Crippen molar-refractivity contribution in [3.05, 3.63) is 11.5 Å². The molecule has 0 bridgehead atoms. The first kappa shape index (κ1) is 12.1. The summed E-state index contributed by atoms with van der Waals surface area (Å²) in [5.41, 5.74) is 13.4. The van der Waals surface area contributed by atoms with Crippen molar-refractivity contribution in [2.75, 3.05) is 0 Å². The van der Waals surface area contributed by atoms with Gasteiger partial charge in [-0.1, -0.05) is 25.7 Å². The molecule has 4 nitrogen and oxygen atoms in total. The molecule has 72 valence electrons. The van der Waals surface area contributed by atoms with Crippen LogP contribution in [0.4, 0.5) is 0 Å². The third kappa shape index (κ3) is 2.06. The van der Waals surface area contributed by atoms with E-state index in [0.29, 0.717) is 12.8 Å². The molecule has 1 rings (SSSR count). The number of hydrogen-bond acceptors (Lipinski definition) is 1. The molecule has 0 spiro atoms. The number of nitrogens with one attached hydrogen (secondary N) is 2. The molecular formula is C7H12N2O2Pt. The number of carboxylic acids is 1. The topological polar surface area (TPSA) is 84.9 Å². The molecule has 0 aromatic carbocycles. The van der Waals surface area contributed by atoms with Crippen molar-refractivity contribution in [3.63, 3.8) is 0 Å². The summed E-state index contributed by atoms with van der Waals surface area (Å²) in [5.74, 6) is -1.14. The van der Waals surface area contributed by atoms with E-state index in [-0.39, 0.29) is 21.1 Å². The van der Waals surface area contributed by atoms with E-state index in [1.165, 1.54) is 0 Å². The molecule has 2 unspecified atom stereocenters. The summed E-state index contributed by atoms with van der Waals surface area (Å²) < 4.78 is 0. The van der Waals surface area contributed by atoms with Crippen molar-refractivity contribution in [1.29, 1.82) is 0 Å². The van der Waals surface area contributed by atoms with E-state index in [4.69, 9.17) is 16.6 Å². The minimum absolute atomic E-state index is 0. The fourth-order valence-corrected chi connectivity index (χ4v) is 1.43. The summed E-state index contributed by atoms with van der Waals surface area (Å²) >= 11 is 0. The summed E-state index contributed by atoms with van der Waals surface area (Å²) in [6, 6.07) is -0.742. The van der Waals surface area contributed by atoms with Crippen LogP contribution in [0.5, 0.6) is 0 Å². The zero-order chi connectivity index (χ0) is 8.48. The number of aliphatic carboxylic acids is 1. The number of carbonyl (C=O) groups is 1. The van der Waals surface area contributed by atoms with Gasteiger partial charge in [0.05, 0.1) is 0 Å². The van der Waals surface area contributed by atoms with Crippen LogP contribution in [0.2, 0.25) is 0 Å². The van der Waals surface area contributed by atoms with Crippen LogP contribution in [0, 0.1) is 0 Å². The normalized spacial score (nSPS) is 35.3. The van der Waals surface area contributed by atoms with Gasteiger partial charge in [0.1, 0.15) is 0 Å². The molecule has 0 aromatic rings. The zero-order valence-electron chi connectivity index (χ0n) is 6.58. The third-order valence-corrected chi connectivity index (χ3v) is 2.29. The maximum Gasteiger partial charge on any atom is 2.00 e. The Balaban J connectivity index is 0.00000121. The van der Waals surface area contributed by atoms with Gasteiger partial charge in [0.25, 0.3) is 5.97 Å². The standard InChI is InChI=1S/C7H12N2O2.Pt/c8-5-3-1-2-4-7(5,9)6(10)11;/h5,8-9H,1-4H2,(H,10,11);/q-2;+2. The first-order valence-electron chi connectivity index (χ1n) is 3.77. The average molecular weight is 351 g/mol. The van der Waals surface area contributed by atoms with E-state index >= 15 is 0 Å². The molecule has 1 aliphatic rings. The van der Waals surface area contributed by atoms with Crippen LogP contribution in [0.1, 0.15) is 25.7 Å². The molecule has 0 heterocycles. The molecule has 3 N–H and O–H groups in total. The zero-order valence-corrected chi connectivity index (χ0v) is 8.85. The van der Waals surface area contributed by atoms with Crippen LogP contribution in [-0.2, 0) is 25.9 Å². The first-order chi connectivity index (χ1) is 5.07. The molecular weight excluding hydrogens is 339 g/mol. The van der Waals surface area contributed by atoms with E-state index in [9.17, 15) is 4.79 Å². The van der Waals surface area contributed by atoms with Crippen molar-refractivity contribution >= 4 is 5.97 Å². The Morgan fingerprint density at radius 1 is 1.50 bits per heavy atom. The minimum atomic E-state index is -1.53. The van der Waals surface area contributed by atoms with Crippen LogP contribution in [-0.4, -0.2) is 22.7 Å². The summed E-state index contributed by atoms with van der Waals surface area (Å²) in [6.07, 6.45) is 2.54. The Bertz CT molecular complexity index is 177. The molecule has 0 radical (unpaired) electrons. The van der Waals surface area contributed by atoms with Crippen LogP contribution in [0.25, 0.3) is 11.5 Å². The molecule has 5 heteroatoms. The number of hydrogen-bond donors (Lipinski definition) is 1. The molecule has 1 aliphatic carbocycles. The molecule has 0 saturated heterocycles. The van der Waals surface area contributed by atoms with Crippen molar-refractivity contribution in [2.24, 2.45) is 0 Å². The Labute approximate surface area is 85.9 Å². The van der Waals surface area contributed by atoms with Gasteiger partial charge in [-0.25, -0.2) is 0 Å². The number of carboxylic acid groups (broad SMARTS) is 1. The maximum absolute atomic E-state index is 10.6. The van der Waals surface area contributed by atoms with Crippen LogP contribution in [0.15, 0.2) is 0 Å². The summed E-state index contributed by atoms with van der Waals surface area (Å²) in [7, 11) is 0. The van der Waals surface area contributed by atoms with E-state index in [1.54, 1.807) is 0 Å². The van der Waals surface area contributed by atoms with Gasteiger partial charge in [-0.15, -0.1) is 6.04 Å². The third-order valence-electron chi connectivity index (χ3n) is 2.29. The molecule has 1 saturated carbocycles. The quantitative estimate of drug-likeness (QED) is 0.782. The molecule has 1 fully saturated rings. The molecule has 0 aliphatic heterocycles. The van der Waals surface area contributed by atoms with Gasteiger partial charge < -0.3 is 16.6 Å². The van der Waals surface area contributed by atoms with E-state index < -0.39 is 17.6 Å². The van der Waals surface area contributed by atoms with Crippen LogP contribution >= 0.6 is 0 Å². The SMILES string of the molecule is [NH-]C1CCCCC1([NH-])C(=O)O.[Pt+2]. The van der Waals surface area contributed by atoms with Gasteiger partial charge in [0.15, 0.2) is 0 Å². The summed E-state index contributed by atoms with van der Waals surface area (Å²) in [5, 5.41) is 8.66. The van der Waals surface area contributed by atoms with E-state index in [2.05, 4.69) is 0 Å². The second-order valence-corrected chi connectivity index (χ2v) is 3.07. The smallest absolute Gasteiger partial charge is 0.675 e. The second kappa shape index (κ2) is 4.35. The Kier molecular flexibility index (Phi) is 4.38. The van der Waals surface area contributed by atoms with Gasteiger partial charge in [-0.3, -0.25) is 4.79 Å². The van der Waals surface area contributed by atoms with E-state index in [0.717, 1.165) is 12.8 Å². The van der Waals surface area contributed by atoms with Crippen molar-refractivity contribution in [2.45, 2.75) is 37.3 Å². The van der Waals surface area contributed by atoms with Gasteiger partial charge in [0.2, 0.25) is 0 Å². The first-order valence-corrected chi connectivity index (χ1v) is 3.77. The fourth-order valence-electron chi connectivity index (χ4n) is 1.43. The largest absolute Gasteiger partial charge is 2.00 e. The molecule has 2 atom stereocenters. The predicted octanol–water partition coefficient (Wildman–Crippen LogP) is 1.85. The van der Waals surface area contributed by atoms with Gasteiger partial charge in [0, 0.05) is 0 Å². The Morgan fingerprint density at radius 3 is 2.42 bits per heavy atom. The van der Waals surface area contributed by atoms with Crippen LogP contribution in [0.3, 0.4) is 0 Å². The molecule has 12 heavy (non-hydrogen) atoms. The average Bonchev–Trinajstić information content (AvgIpc) is 1.95. The van der Waals surface area contributed by atoms with Crippen molar-refractivity contribution in [1.82, 2.24) is 0 Å².